The van der Waals surface area contributed by atoms with Crippen LogP contribution in [0.5, 0.6) is 0 Å². The van der Waals surface area contributed by atoms with Gasteiger partial charge >= 0.3 is 169 Å². The molecule has 2 aromatic rings. The van der Waals surface area contributed by atoms with Gasteiger partial charge in [0, 0.05) is 22.3 Å². The summed E-state index contributed by atoms with van der Waals surface area (Å²) in [6.45, 7) is 13.6. The number of unbranched alkanes of at least 4 members (excludes halogenated alkanes) is 54. The van der Waals surface area contributed by atoms with Crippen LogP contribution in [0.4, 0.5) is 0 Å². The van der Waals surface area contributed by atoms with Gasteiger partial charge in [0.15, 0.2) is 0 Å². The van der Waals surface area contributed by atoms with E-state index in [9.17, 15) is 5.53 Å². The van der Waals surface area contributed by atoms with Crippen LogP contribution in [0.3, 0.4) is 0 Å². The van der Waals surface area contributed by atoms with Gasteiger partial charge in [-0.15, -0.1) is 0 Å². The van der Waals surface area contributed by atoms with E-state index in [1.807, 2.05) is 0 Å². The molecule has 0 spiro atoms. The Bertz CT molecular complexity index is 1850. The second kappa shape index (κ2) is 66.8. The van der Waals surface area contributed by atoms with Gasteiger partial charge < -0.3 is 5.53 Å². The zero-order chi connectivity index (χ0) is 65.2. The van der Waals surface area contributed by atoms with Crippen molar-refractivity contribution in [3.63, 3.8) is 0 Å². The van der Waals surface area contributed by atoms with Gasteiger partial charge in [0.1, 0.15) is 0 Å². The quantitative estimate of drug-likeness (QED) is 0.0358. The molecule has 0 amide bonds. The maximum atomic E-state index is 11.7. The number of nitrogens with zero attached hydrogens (tertiary/aromatic N) is 2. The van der Waals surface area contributed by atoms with Gasteiger partial charge in [0.05, 0.1) is 0 Å². The van der Waals surface area contributed by atoms with Crippen LogP contribution in [0.25, 0.3) is 16.9 Å². The minimum atomic E-state index is 0.996. The van der Waals surface area contributed by atoms with Crippen molar-refractivity contribution in [1.82, 2.24) is 0 Å². The van der Waals surface area contributed by atoms with E-state index in [1.54, 1.807) is 9.79 Å². The molecule has 2 aromatic carbocycles. The Labute approximate surface area is 580 Å². The fraction of sp³-hybridized carbons (Fsp3) is 0.818. The first kappa shape index (κ1) is 85.3. The molecule has 0 N–H and O–H groups in total. The van der Waals surface area contributed by atoms with E-state index in [0.717, 1.165) is 91.9 Å². The molecule has 1 aliphatic rings. The number of allylic oxidation sites excluding steroid dienone is 2. The van der Waals surface area contributed by atoms with E-state index in [2.05, 4.69) is 90.1 Å². The van der Waals surface area contributed by atoms with Crippen LogP contribution >= 0.6 is 0 Å². The van der Waals surface area contributed by atoms with E-state index < -0.39 is 0 Å². The summed E-state index contributed by atoms with van der Waals surface area (Å²) in [6, 6.07) is 17.9. The summed E-state index contributed by atoms with van der Waals surface area (Å²) in [7, 11) is 0. The Morgan fingerprint density at radius 2 is 0.407 bits per heavy atom. The van der Waals surface area contributed by atoms with Gasteiger partial charge in [-0.25, -0.2) is 4.70 Å². The van der Waals surface area contributed by atoms with Crippen molar-refractivity contribution >= 4 is 11.4 Å². The molecule has 0 saturated heterocycles. The van der Waals surface area contributed by atoms with Crippen LogP contribution in [0.2, 0.25) is 9.79 Å². The minimum absolute atomic E-state index is 0.996. The molecule has 91 heavy (non-hydrogen) atoms. The van der Waals surface area contributed by atoms with Gasteiger partial charge in [0.25, 0.3) is 0 Å². The summed E-state index contributed by atoms with van der Waals surface area (Å²) >= 11 is 1.05. The van der Waals surface area contributed by atoms with E-state index >= 15 is 0 Å². The van der Waals surface area contributed by atoms with Crippen molar-refractivity contribution in [1.29, 1.82) is 0 Å². The molecular formula is C88H158N2Pd. The van der Waals surface area contributed by atoms with Gasteiger partial charge in [0.2, 0.25) is 11.4 Å². The molecule has 1 heterocycles. The Morgan fingerprint density at radius 3 is 0.637 bits per heavy atom. The van der Waals surface area contributed by atoms with E-state index in [1.165, 1.54) is 387 Å². The van der Waals surface area contributed by atoms with E-state index in [4.69, 9.17) is 0 Å². The molecule has 0 atom stereocenters. The average molecular weight is 1350 g/mol. The number of aryl methyl sites for hydroxylation is 2. The molecule has 530 valence electrons. The summed E-state index contributed by atoms with van der Waals surface area (Å²) in [5, 5.41) is 0. The van der Waals surface area contributed by atoms with Crippen molar-refractivity contribution in [2.24, 2.45) is 0 Å². The summed E-state index contributed by atoms with van der Waals surface area (Å²) in [4.78, 5) is 3.10. The van der Waals surface area contributed by atoms with Crippen LogP contribution in [-0.2, 0) is 30.8 Å². The topological polar surface area (TPSA) is 25.3 Å². The molecule has 3 rings (SSSR count). The number of benzene rings is 2. The third-order valence-electron chi connectivity index (χ3n) is 20.2. The monoisotopic (exact) mass is 1350 g/mol. The molecule has 1 aliphatic heterocycles. The molecule has 3 heteroatoms. The fourth-order valence-corrected chi connectivity index (χ4v) is 15.9. The third-order valence-corrected chi connectivity index (χ3v) is 22.4. The Balaban J connectivity index is 0.000000672. The zero-order valence-corrected chi connectivity index (χ0v) is 64.1. The Morgan fingerprint density at radius 1 is 0.220 bits per heavy atom. The van der Waals surface area contributed by atoms with E-state index in [-0.39, 0.29) is 0 Å². The van der Waals surface area contributed by atoms with Crippen molar-refractivity contribution in [3.8, 4) is 0 Å². The Kier molecular flexibility index (Phi) is 62.6. The van der Waals surface area contributed by atoms with Crippen molar-refractivity contribution in [2.75, 3.05) is 0 Å². The standard InChI is InChI=1S/C34H48N2.2C27H55.Pd/c1-5-9-13-14-16-28-21-25-30(26-22-28)34-32(18-12-8-4)31(17-11-7-3)33(36(34)35)29-23-19-27(20-24-29)15-10-6-2;2*1-3-5-7-9-11-13-15-17-19-21-23-25-27-26-24-22-20-18-16-14-12-10-8-6-4-2;/h19-26H,5-18H2,1-4H3;2*1,3-27H2,2H3;. The molecule has 0 radical (unpaired) electrons. The second-order valence-electron chi connectivity index (χ2n) is 28.9. The number of hydrogen-bond donors (Lipinski definition) is 0. The summed E-state index contributed by atoms with van der Waals surface area (Å²) < 4.78 is 1.52. The van der Waals surface area contributed by atoms with Gasteiger partial charge in [-0.3, -0.25) is 0 Å². The first-order chi connectivity index (χ1) is 45.1. The molecular weight excluding hydrogens is 1190 g/mol. The van der Waals surface area contributed by atoms with Crippen LogP contribution in [0.1, 0.15) is 462 Å². The molecule has 0 aromatic heterocycles. The van der Waals surface area contributed by atoms with Crippen LogP contribution in [0, 0.1) is 0 Å². The van der Waals surface area contributed by atoms with Crippen molar-refractivity contribution in [2.45, 2.75) is 462 Å². The van der Waals surface area contributed by atoms with Crippen molar-refractivity contribution in [3.05, 3.63) is 87.5 Å². The van der Waals surface area contributed by atoms with Crippen LogP contribution in [-0.4, -0.2) is 4.70 Å². The maximum absolute atomic E-state index is 11.7. The number of rotatable bonds is 68. The summed E-state index contributed by atoms with van der Waals surface area (Å²) in [5.41, 5.74) is 21.4. The second-order valence-corrected chi connectivity index (χ2v) is 31.3. The Hall–Kier alpha value is -1.82. The molecule has 0 fully saturated rings. The predicted molar refractivity (Wildman–Crippen MR) is 408 cm³/mol. The first-order valence-corrected chi connectivity index (χ1v) is 43.8. The van der Waals surface area contributed by atoms with Crippen molar-refractivity contribution < 1.29 is 22.7 Å². The molecule has 0 saturated carbocycles. The summed E-state index contributed by atoms with van der Waals surface area (Å²) in [5.74, 6) is 0. The summed E-state index contributed by atoms with van der Waals surface area (Å²) in [6.07, 6.45) is 91.0. The zero-order valence-electron chi connectivity index (χ0n) is 62.5. The smallest absolute Gasteiger partial charge is 0.493 e. The first-order valence-electron chi connectivity index (χ1n) is 41.6. The van der Waals surface area contributed by atoms with Gasteiger partial charge in [-0.05, 0) is 86.8 Å². The van der Waals surface area contributed by atoms with E-state index in [0.29, 0.717) is 0 Å². The predicted octanol–water partition coefficient (Wildman–Crippen LogP) is 32.2. The number of hydrogen-bond acceptors (Lipinski definition) is 0. The third kappa shape index (κ3) is 48.5. The normalized spacial score (nSPS) is 12.6. The van der Waals surface area contributed by atoms with Crippen LogP contribution in [0.15, 0.2) is 59.7 Å². The average Bonchev–Trinajstić information content (AvgIpc) is 1.67. The SMILES string of the molecule is CCCCCCCCCCCCCCCCCCCCCCCCCC[CH2][Pd][CH2]CCCCCCCCCCCCCCCCCCCCCCCCCC.CCCCCCc1ccc(C2=C(CCCC)C(CCCC)=C(c3ccc(CCCC)cc3)[N+]2=[N-])cc1. The minimum Gasteiger partial charge on any atom is -0.493 e. The van der Waals surface area contributed by atoms with Gasteiger partial charge in [-0.2, -0.15) is 0 Å². The van der Waals surface area contributed by atoms with Crippen LogP contribution < -0.4 is 0 Å². The molecule has 2 nitrogen and oxygen atoms in total. The molecule has 0 unspecified atom stereocenters. The molecule has 0 aliphatic carbocycles. The fourth-order valence-electron chi connectivity index (χ4n) is 14.0. The molecule has 0 bridgehead atoms. The van der Waals surface area contributed by atoms with Gasteiger partial charge in [-0.1, -0.05) is 284 Å².